The van der Waals surface area contributed by atoms with Crippen LogP contribution in [0.3, 0.4) is 0 Å². The van der Waals surface area contributed by atoms with Crippen molar-refractivity contribution in [2.75, 3.05) is 17.6 Å². The van der Waals surface area contributed by atoms with Crippen LogP contribution in [0.15, 0.2) is 71.9 Å². The van der Waals surface area contributed by atoms with Crippen LogP contribution in [0, 0.1) is 6.92 Å². The lowest BCUT2D eigenvalue weighted by molar-refractivity contribution is -0.123. The van der Waals surface area contributed by atoms with Crippen LogP contribution >= 0.6 is 0 Å². The third-order valence-electron chi connectivity index (χ3n) is 4.34. The second-order valence-corrected chi connectivity index (χ2v) is 8.81. The van der Waals surface area contributed by atoms with Gasteiger partial charge in [-0.1, -0.05) is 17.7 Å². The molecule has 0 aliphatic rings. The van der Waals surface area contributed by atoms with Crippen molar-refractivity contribution in [1.82, 2.24) is 15.1 Å². The summed E-state index contributed by atoms with van der Waals surface area (Å²) in [6.07, 6.45) is 3.26. The highest BCUT2D eigenvalue weighted by molar-refractivity contribution is 7.91. The molecule has 1 heterocycles. The molecule has 0 aliphatic heterocycles. The van der Waals surface area contributed by atoms with Crippen molar-refractivity contribution < 1.29 is 18.0 Å². The fourth-order valence-electron chi connectivity index (χ4n) is 2.68. The van der Waals surface area contributed by atoms with Crippen LogP contribution < -0.4 is 10.6 Å². The third kappa shape index (κ3) is 5.77. The quantitative estimate of drug-likeness (QED) is 0.573. The minimum absolute atomic E-state index is 0.178. The molecule has 0 bridgehead atoms. The number of aromatic nitrogens is 2. The lowest BCUT2D eigenvalue weighted by atomic mass is 10.2. The number of hydrogen-bond acceptors (Lipinski definition) is 5. The van der Waals surface area contributed by atoms with Crippen LogP contribution in [0.1, 0.15) is 12.0 Å². The maximum absolute atomic E-state index is 12.3. The van der Waals surface area contributed by atoms with Crippen LogP contribution in [0.25, 0.3) is 5.69 Å². The van der Waals surface area contributed by atoms with Gasteiger partial charge in [-0.15, -0.1) is 0 Å². The molecule has 0 fully saturated rings. The second kappa shape index (κ2) is 9.36. The van der Waals surface area contributed by atoms with E-state index in [1.807, 2.05) is 19.2 Å². The molecule has 8 nitrogen and oxygen atoms in total. The summed E-state index contributed by atoms with van der Waals surface area (Å²) in [4.78, 5) is 24.1. The van der Waals surface area contributed by atoms with E-state index < -0.39 is 21.7 Å². The van der Waals surface area contributed by atoms with E-state index in [0.717, 1.165) is 11.3 Å². The second-order valence-electron chi connectivity index (χ2n) is 6.70. The number of benzene rings is 2. The first-order valence-electron chi connectivity index (χ1n) is 9.29. The molecule has 0 spiro atoms. The summed E-state index contributed by atoms with van der Waals surface area (Å²) >= 11 is 0. The zero-order valence-electron chi connectivity index (χ0n) is 16.4. The van der Waals surface area contributed by atoms with Crippen molar-refractivity contribution in [2.24, 2.45) is 0 Å². The Kier molecular flexibility index (Phi) is 6.63. The number of rotatable bonds is 8. The van der Waals surface area contributed by atoms with Gasteiger partial charge in [0.15, 0.2) is 9.84 Å². The Morgan fingerprint density at radius 2 is 1.70 bits per heavy atom. The molecule has 2 amide bonds. The van der Waals surface area contributed by atoms with Crippen molar-refractivity contribution >= 4 is 27.3 Å². The molecule has 0 unspecified atom stereocenters. The van der Waals surface area contributed by atoms with E-state index in [-0.39, 0.29) is 23.6 Å². The van der Waals surface area contributed by atoms with E-state index in [4.69, 9.17) is 0 Å². The molecule has 2 aromatic carbocycles. The number of amides is 2. The Morgan fingerprint density at radius 1 is 1.00 bits per heavy atom. The highest BCUT2D eigenvalue weighted by Gasteiger charge is 2.16. The van der Waals surface area contributed by atoms with E-state index in [1.165, 1.54) is 12.1 Å². The number of sulfone groups is 1. The Balaban J connectivity index is 1.44. The van der Waals surface area contributed by atoms with Crippen molar-refractivity contribution in [3.8, 4) is 5.69 Å². The van der Waals surface area contributed by atoms with Crippen LogP contribution in [0.5, 0.6) is 0 Å². The van der Waals surface area contributed by atoms with Crippen LogP contribution in [0.2, 0.25) is 0 Å². The zero-order chi connectivity index (χ0) is 21.6. The van der Waals surface area contributed by atoms with Gasteiger partial charge in [-0.2, -0.15) is 5.10 Å². The van der Waals surface area contributed by atoms with Gasteiger partial charge in [0.25, 0.3) is 0 Å². The molecule has 156 valence electrons. The Hall–Kier alpha value is -3.46. The summed E-state index contributed by atoms with van der Waals surface area (Å²) in [7, 11) is -3.55. The van der Waals surface area contributed by atoms with E-state index in [0.29, 0.717) is 5.69 Å². The summed E-state index contributed by atoms with van der Waals surface area (Å²) in [6, 6.07) is 15.3. The molecule has 30 heavy (non-hydrogen) atoms. The van der Waals surface area contributed by atoms with Crippen LogP contribution in [-0.2, 0) is 19.4 Å². The lowest BCUT2D eigenvalue weighted by Crippen LogP contribution is -2.33. The molecular formula is C21H22N4O4S. The van der Waals surface area contributed by atoms with Gasteiger partial charge < -0.3 is 10.6 Å². The minimum atomic E-state index is -3.55. The van der Waals surface area contributed by atoms with E-state index in [1.54, 1.807) is 47.3 Å². The van der Waals surface area contributed by atoms with E-state index in [9.17, 15) is 18.0 Å². The Bertz CT molecular complexity index is 1110. The predicted molar refractivity (Wildman–Crippen MR) is 113 cm³/mol. The van der Waals surface area contributed by atoms with Gasteiger partial charge in [0.1, 0.15) is 0 Å². The normalized spacial score (nSPS) is 11.1. The predicted octanol–water partition coefficient (Wildman–Crippen LogP) is 2.10. The Labute approximate surface area is 174 Å². The summed E-state index contributed by atoms with van der Waals surface area (Å²) in [5.74, 6) is -1.23. The first-order chi connectivity index (χ1) is 14.3. The average molecular weight is 426 g/mol. The zero-order valence-corrected chi connectivity index (χ0v) is 17.2. The van der Waals surface area contributed by atoms with Gasteiger partial charge >= 0.3 is 0 Å². The SMILES string of the molecule is Cc1ccc(S(=O)(=O)CCC(=O)NCC(=O)Nc2ccc(-n3cccn3)cc2)cc1. The highest BCUT2D eigenvalue weighted by atomic mass is 32.2. The number of aryl methyl sites for hydroxylation is 1. The maximum atomic E-state index is 12.3. The van der Waals surface area contributed by atoms with Gasteiger partial charge in [0.2, 0.25) is 11.8 Å². The van der Waals surface area contributed by atoms with Gasteiger partial charge in [0.05, 0.1) is 22.9 Å². The minimum Gasteiger partial charge on any atom is -0.347 e. The largest absolute Gasteiger partial charge is 0.347 e. The summed E-state index contributed by atoms with van der Waals surface area (Å²) in [6.45, 7) is 1.62. The van der Waals surface area contributed by atoms with Gasteiger partial charge in [0, 0.05) is 24.5 Å². The monoisotopic (exact) mass is 426 g/mol. The summed E-state index contributed by atoms with van der Waals surface area (Å²) in [5, 5.41) is 9.23. The lowest BCUT2D eigenvalue weighted by Gasteiger charge is -2.08. The molecule has 2 N–H and O–H groups in total. The molecule has 1 aromatic heterocycles. The maximum Gasteiger partial charge on any atom is 0.243 e. The molecule has 9 heteroatoms. The topological polar surface area (TPSA) is 110 Å². The van der Waals surface area contributed by atoms with Gasteiger partial charge in [-0.05, 0) is 49.4 Å². The van der Waals surface area contributed by atoms with Gasteiger partial charge in [-0.3, -0.25) is 9.59 Å². The van der Waals surface area contributed by atoms with Crippen molar-refractivity contribution in [3.63, 3.8) is 0 Å². The summed E-state index contributed by atoms with van der Waals surface area (Å²) < 4.78 is 26.2. The fraction of sp³-hybridized carbons (Fsp3) is 0.190. The molecule has 0 saturated heterocycles. The highest BCUT2D eigenvalue weighted by Crippen LogP contribution is 2.14. The van der Waals surface area contributed by atoms with Crippen LogP contribution in [0.4, 0.5) is 5.69 Å². The van der Waals surface area contributed by atoms with E-state index >= 15 is 0 Å². The van der Waals surface area contributed by atoms with Crippen molar-refractivity contribution in [1.29, 1.82) is 0 Å². The number of nitrogens with one attached hydrogen (secondary N) is 2. The molecule has 0 atom stereocenters. The third-order valence-corrected chi connectivity index (χ3v) is 6.08. The fourth-order valence-corrected chi connectivity index (χ4v) is 3.92. The van der Waals surface area contributed by atoms with Crippen LogP contribution in [-0.4, -0.2) is 42.3 Å². The Morgan fingerprint density at radius 3 is 2.33 bits per heavy atom. The number of nitrogens with zero attached hydrogens (tertiary/aromatic N) is 2. The molecule has 3 aromatic rings. The first kappa shape index (κ1) is 21.3. The first-order valence-corrected chi connectivity index (χ1v) is 10.9. The molecule has 3 rings (SSSR count). The average Bonchev–Trinajstić information content (AvgIpc) is 3.27. The summed E-state index contributed by atoms with van der Waals surface area (Å²) in [5.41, 5.74) is 2.38. The van der Waals surface area contributed by atoms with Crippen molar-refractivity contribution in [2.45, 2.75) is 18.2 Å². The van der Waals surface area contributed by atoms with Crippen molar-refractivity contribution in [3.05, 3.63) is 72.6 Å². The van der Waals surface area contributed by atoms with Gasteiger partial charge in [-0.25, -0.2) is 13.1 Å². The van der Waals surface area contributed by atoms with E-state index in [2.05, 4.69) is 15.7 Å². The number of anilines is 1. The standard InChI is InChI=1S/C21H22N4O4S/c1-16-3-9-19(10-4-16)30(28,29)14-11-20(26)22-15-21(27)24-17-5-7-18(8-6-17)25-13-2-12-23-25/h2-10,12-13H,11,14-15H2,1H3,(H,22,26)(H,24,27). The molecular weight excluding hydrogens is 404 g/mol. The smallest absolute Gasteiger partial charge is 0.243 e. The number of carbonyl (C=O) groups excluding carboxylic acids is 2. The number of hydrogen-bond donors (Lipinski definition) is 2. The number of carbonyl (C=O) groups is 2. The molecule has 0 aliphatic carbocycles. The molecule has 0 radical (unpaired) electrons. The molecule has 0 saturated carbocycles.